The zero-order valence-corrected chi connectivity index (χ0v) is 18.0. The van der Waals surface area contributed by atoms with Crippen LogP contribution >= 0.6 is 0 Å². The Balaban J connectivity index is 2.25. The van der Waals surface area contributed by atoms with Crippen molar-refractivity contribution in [2.45, 2.75) is 44.4 Å². The molecule has 0 radical (unpaired) electrons. The summed E-state index contributed by atoms with van der Waals surface area (Å²) in [4.78, 5) is 27.1. The van der Waals surface area contributed by atoms with Crippen LogP contribution in [0.4, 0.5) is 26.7 Å². The van der Waals surface area contributed by atoms with E-state index in [0.29, 0.717) is 24.1 Å². The van der Waals surface area contributed by atoms with Crippen molar-refractivity contribution in [3.63, 3.8) is 0 Å². The van der Waals surface area contributed by atoms with Gasteiger partial charge in [0.2, 0.25) is 5.91 Å². The van der Waals surface area contributed by atoms with Crippen molar-refractivity contribution in [1.29, 1.82) is 0 Å². The fourth-order valence-corrected chi connectivity index (χ4v) is 3.86. The van der Waals surface area contributed by atoms with Crippen LogP contribution in [0.15, 0.2) is 23.8 Å². The van der Waals surface area contributed by atoms with E-state index in [9.17, 15) is 31.5 Å². The van der Waals surface area contributed by atoms with Crippen molar-refractivity contribution in [2.24, 2.45) is 0 Å². The summed E-state index contributed by atoms with van der Waals surface area (Å²) in [5, 5.41) is 0. The molecule has 0 atom stereocenters. The van der Waals surface area contributed by atoms with Crippen LogP contribution in [-0.2, 0) is 15.5 Å². The number of methoxy groups -OCH3 is 1. The first-order valence-corrected chi connectivity index (χ1v) is 9.82. The molecular formula is C21H23F5N2O4. The molecule has 0 bridgehead atoms. The number of likely N-dealkylation sites (N-methyl/N-ethyl adjacent to an activating group) is 1. The lowest BCUT2D eigenvalue weighted by Crippen LogP contribution is -2.44. The van der Waals surface area contributed by atoms with Crippen molar-refractivity contribution in [1.82, 2.24) is 9.80 Å². The molecule has 1 aromatic carbocycles. The average Bonchev–Trinajstić information content (AvgIpc) is 3.11. The Kier molecular flexibility index (Phi) is 5.90. The van der Waals surface area contributed by atoms with Crippen LogP contribution in [0, 0.1) is 0 Å². The monoisotopic (exact) mass is 462 g/mol. The standard InChI is InChI=1S/C21H23F5N2O4/c1-19(2)14(11-27(3)18(30)31-4)17(28-9-5-6-16(28)29)13-10-12(7-8-15(13)32-19)20(22,23)21(24,25)26/h7-8,10H,5-6,9,11H2,1-4H3. The molecule has 3 rings (SSSR count). The minimum absolute atomic E-state index is 0.0609. The van der Waals surface area contributed by atoms with Crippen LogP contribution in [0.25, 0.3) is 5.70 Å². The number of ether oxygens (including phenoxy) is 2. The highest BCUT2D eigenvalue weighted by molar-refractivity contribution is 5.92. The van der Waals surface area contributed by atoms with Crippen LogP contribution in [-0.4, -0.2) is 60.8 Å². The number of nitrogens with zero attached hydrogens (tertiary/aromatic N) is 2. The molecule has 0 aliphatic carbocycles. The minimum Gasteiger partial charge on any atom is -0.483 e. The number of hydrogen-bond acceptors (Lipinski definition) is 4. The first-order valence-electron chi connectivity index (χ1n) is 9.82. The molecule has 0 unspecified atom stereocenters. The summed E-state index contributed by atoms with van der Waals surface area (Å²) in [7, 11) is 2.61. The smallest absolute Gasteiger partial charge is 0.458 e. The number of hydrogen-bond donors (Lipinski definition) is 0. The van der Waals surface area contributed by atoms with Gasteiger partial charge in [0.25, 0.3) is 0 Å². The van der Waals surface area contributed by atoms with E-state index in [1.54, 1.807) is 13.8 Å². The molecule has 0 aromatic heterocycles. The maximum absolute atomic E-state index is 14.1. The van der Waals surface area contributed by atoms with Crippen LogP contribution < -0.4 is 4.74 Å². The topological polar surface area (TPSA) is 59.1 Å². The first kappa shape index (κ1) is 23.8. The van der Waals surface area contributed by atoms with Gasteiger partial charge in [-0.3, -0.25) is 4.79 Å². The third-order valence-corrected chi connectivity index (χ3v) is 5.56. The number of benzene rings is 1. The second-order valence-electron chi connectivity index (χ2n) is 8.20. The third kappa shape index (κ3) is 4.00. The molecule has 0 saturated carbocycles. The van der Waals surface area contributed by atoms with Gasteiger partial charge < -0.3 is 19.3 Å². The molecule has 0 N–H and O–H groups in total. The van der Waals surface area contributed by atoms with Gasteiger partial charge in [-0.1, -0.05) is 0 Å². The van der Waals surface area contributed by atoms with Gasteiger partial charge in [-0.05, 0) is 38.5 Å². The average molecular weight is 462 g/mol. The Hall–Kier alpha value is -2.85. The zero-order valence-electron chi connectivity index (χ0n) is 18.0. The lowest BCUT2D eigenvalue weighted by Gasteiger charge is -2.41. The van der Waals surface area contributed by atoms with Crippen molar-refractivity contribution in [2.75, 3.05) is 27.2 Å². The molecule has 2 aliphatic rings. The van der Waals surface area contributed by atoms with E-state index < -0.39 is 29.4 Å². The van der Waals surface area contributed by atoms with Gasteiger partial charge >= 0.3 is 18.2 Å². The second-order valence-corrected chi connectivity index (χ2v) is 8.20. The van der Waals surface area contributed by atoms with Gasteiger partial charge in [0.1, 0.15) is 11.4 Å². The molecule has 1 fully saturated rings. The second kappa shape index (κ2) is 7.93. The third-order valence-electron chi connectivity index (χ3n) is 5.56. The minimum atomic E-state index is -5.79. The Labute approximate surface area is 181 Å². The van der Waals surface area contributed by atoms with Crippen LogP contribution in [0.5, 0.6) is 5.75 Å². The molecular weight excluding hydrogens is 439 g/mol. The molecule has 176 valence electrons. The summed E-state index contributed by atoms with van der Waals surface area (Å²) in [5.41, 5.74) is -1.87. The molecule has 1 saturated heterocycles. The molecule has 0 spiro atoms. The van der Waals surface area contributed by atoms with Crippen molar-refractivity contribution < 1.29 is 41.0 Å². The number of carbonyl (C=O) groups is 2. The summed E-state index contributed by atoms with van der Waals surface area (Å²) in [6.07, 6.45) is -5.78. The summed E-state index contributed by atoms with van der Waals surface area (Å²) >= 11 is 0. The van der Waals surface area contributed by atoms with Gasteiger partial charge in [-0.2, -0.15) is 22.0 Å². The summed E-state index contributed by atoms with van der Waals surface area (Å²) < 4.78 is 77.8. The Bertz CT molecular complexity index is 971. The van der Waals surface area contributed by atoms with E-state index in [1.165, 1.54) is 24.0 Å². The lowest BCUT2D eigenvalue weighted by atomic mass is 9.87. The fourth-order valence-electron chi connectivity index (χ4n) is 3.86. The predicted molar refractivity (Wildman–Crippen MR) is 104 cm³/mol. The highest BCUT2D eigenvalue weighted by Gasteiger charge is 2.59. The Morgan fingerprint density at radius 3 is 2.44 bits per heavy atom. The number of carbonyl (C=O) groups excluding carboxylic acids is 2. The van der Waals surface area contributed by atoms with Crippen molar-refractivity contribution in [3.8, 4) is 5.75 Å². The van der Waals surface area contributed by atoms with Gasteiger partial charge in [-0.25, -0.2) is 4.79 Å². The van der Waals surface area contributed by atoms with Crippen molar-refractivity contribution in [3.05, 3.63) is 34.9 Å². The van der Waals surface area contributed by atoms with Crippen LogP contribution in [0.1, 0.15) is 37.8 Å². The van der Waals surface area contributed by atoms with E-state index >= 15 is 0 Å². The quantitative estimate of drug-likeness (QED) is 0.617. The van der Waals surface area contributed by atoms with E-state index in [4.69, 9.17) is 9.47 Å². The van der Waals surface area contributed by atoms with Crippen LogP contribution in [0.3, 0.4) is 0 Å². The molecule has 2 aliphatic heterocycles. The molecule has 6 nitrogen and oxygen atoms in total. The van der Waals surface area contributed by atoms with Gasteiger partial charge in [0.15, 0.2) is 0 Å². The highest BCUT2D eigenvalue weighted by Crippen LogP contribution is 2.49. The highest BCUT2D eigenvalue weighted by atomic mass is 19.4. The summed E-state index contributed by atoms with van der Waals surface area (Å²) in [6, 6.07) is 2.42. The molecule has 2 heterocycles. The maximum atomic E-state index is 14.1. The maximum Gasteiger partial charge on any atom is 0.458 e. The summed E-state index contributed by atoms with van der Waals surface area (Å²) in [5.74, 6) is -5.33. The number of fused-ring (bicyclic) bond motifs is 1. The predicted octanol–water partition coefficient (Wildman–Crippen LogP) is 4.54. The number of halogens is 5. The van der Waals surface area contributed by atoms with E-state index in [2.05, 4.69) is 0 Å². The molecule has 11 heteroatoms. The summed E-state index contributed by atoms with van der Waals surface area (Å²) in [6.45, 7) is 3.48. The van der Waals surface area contributed by atoms with Crippen molar-refractivity contribution >= 4 is 17.7 Å². The SMILES string of the molecule is COC(=O)N(C)CC1=C(N2CCCC2=O)c2cc(C(F)(F)C(F)(F)F)ccc2OC1(C)C. The van der Waals surface area contributed by atoms with Gasteiger partial charge in [0, 0.05) is 36.7 Å². The lowest BCUT2D eigenvalue weighted by molar-refractivity contribution is -0.289. The van der Waals surface area contributed by atoms with E-state index in [-0.39, 0.29) is 42.4 Å². The normalized spacial score (nSPS) is 18.4. The fraction of sp³-hybridized carbons (Fsp3) is 0.524. The number of amides is 2. The molecule has 2 amide bonds. The first-order chi connectivity index (χ1) is 14.7. The number of rotatable bonds is 4. The molecule has 1 aromatic rings. The number of alkyl halides is 5. The van der Waals surface area contributed by atoms with E-state index in [0.717, 1.165) is 6.07 Å². The van der Waals surface area contributed by atoms with E-state index in [1.807, 2.05) is 0 Å². The molecule has 32 heavy (non-hydrogen) atoms. The largest absolute Gasteiger partial charge is 0.483 e. The Morgan fingerprint density at radius 1 is 1.25 bits per heavy atom. The van der Waals surface area contributed by atoms with Gasteiger partial charge in [0.05, 0.1) is 19.4 Å². The Morgan fingerprint density at radius 2 is 1.91 bits per heavy atom. The van der Waals surface area contributed by atoms with Gasteiger partial charge in [-0.15, -0.1) is 0 Å². The zero-order chi connectivity index (χ0) is 24.1. The number of likely N-dealkylation sites (tertiary alicyclic amines) is 1. The van der Waals surface area contributed by atoms with Crippen LogP contribution in [0.2, 0.25) is 0 Å².